The number of nitrogens with two attached hydrogens (primary N) is 3. The first-order valence-electron chi connectivity index (χ1n) is 9.53. The van der Waals surface area contributed by atoms with E-state index in [-0.39, 0.29) is 13.1 Å². The third kappa shape index (κ3) is 7.29. The number of rotatable bonds is 14. The maximum atomic E-state index is 11.3. The van der Waals surface area contributed by atoms with Gasteiger partial charge < -0.3 is 31.4 Å². The first-order valence-corrected chi connectivity index (χ1v) is 9.53. The van der Waals surface area contributed by atoms with E-state index in [0.29, 0.717) is 50.5 Å². The van der Waals surface area contributed by atoms with Gasteiger partial charge in [0.05, 0.1) is 13.1 Å². The molecule has 164 valence electrons. The van der Waals surface area contributed by atoms with Crippen molar-refractivity contribution in [1.29, 1.82) is 0 Å². The summed E-state index contributed by atoms with van der Waals surface area (Å²) in [4.78, 5) is 44.1. The molecule has 0 saturated carbocycles. The largest absolute Gasteiger partial charge is 0.480 e. The monoisotopic (exact) mass is 420 g/mol. The van der Waals surface area contributed by atoms with Crippen LogP contribution in [0.1, 0.15) is 30.9 Å². The summed E-state index contributed by atoms with van der Waals surface area (Å²) < 4.78 is 3.34. The standard InChI is InChI=1S/C18H28N8O4/c19-13(18(29)30)3-1-2-6-24(11-16-22-4-7-25(16)9-14(20)27)12-17-23-5-8-26(17)10-15(21)28/h4-5,7-8,13H,1-3,6,9-12,19H2,(H2,20,27)(H2,21,28)(H,29,30)/t13-/m0/s1. The van der Waals surface area contributed by atoms with Gasteiger partial charge in [-0.25, -0.2) is 9.97 Å². The van der Waals surface area contributed by atoms with Crippen LogP contribution in [0.25, 0.3) is 0 Å². The van der Waals surface area contributed by atoms with Gasteiger partial charge in [0.25, 0.3) is 0 Å². The van der Waals surface area contributed by atoms with Gasteiger partial charge in [0.2, 0.25) is 11.8 Å². The Balaban J connectivity index is 2.07. The molecule has 0 aliphatic carbocycles. The summed E-state index contributed by atoms with van der Waals surface area (Å²) in [5, 5.41) is 8.90. The number of hydrogen-bond donors (Lipinski definition) is 4. The van der Waals surface area contributed by atoms with Crippen LogP contribution in [0.2, 0.25) is 0 Å². The molecular weight excluding hydrogens is 392 g/mol. The first-order chi connectivity index (χ1) is 14.3. The van der Waals surface area contributed by atoms with Crippen molar-refractivity contribution in [3.05, 3.63) is 36.4 Å². The van der Waals surface area contributed by atoms with Crippen LogP contribution in [0.3, 0.4) is 0 Å². The molecule has 2 aromatic rings. The number of unbranched alkanes of at least 4 members (excludes halogenated alkanes) is 1. The Hall–Kier alpha value is -3.25. The molecule has 0 fully saturated rings. The van der Waals surface area contributed by atoms with Crippen molar-refractivity contribution in [3.63, 3.8) is 0 Å². The second-order valence-corrected chi connectivity index (χ2v) is 7.03. The molecule has 2 amide bonds. The van der Waals surface area contributed by atoms with Crippen LogP contribution in [0, 0.1) is 0 Å². The average molecular weight is 420 g/mol. The molecular formula is C18H28N8O4. The van der Waals surface area contributed by atoms with E-state index in [1.807, 2.05) is 4.90 Å². The smallest absolute Gasteiger partial charge is 0.320 e. The zero-order valence-corrected chi connectivity index (χ0v) is 16.7. The molecule has 0 aliphatic heterocycles. The van der Waals surface area contributed by atoms with Crippen LogP contribution in [-0.2, 0) is 40.6 Å². The molecule has 2 aromatic heterocycles. The van der Waals surface area contributed by atoms with Gasteiger partial charge in [-0.15, -0.1) is 0 Å². The van der Waals surface area contributed by atoms with Crippen molar-refractivity contribution >= 4 is 17.8 Å². The number of primary amides is 2. The average Bonchev–Trinajstić information content (AvgIpc) is 3.27. The lowest BCUT2D eigenvalue weighted by molar-refractivity contribution is -0.138. The van der Waals surface area contributed by atoms with Crippen LogP contribution in [-0.4, -0.2) is 59.5 Å². The summed E-state index contributed by atoms with van der Waals surface area (Å²) in [6.45, 7) is 1.47. The van der Waals surface area contributed by atoms with E-state index in [9.17, 15) is 14.4 Å². The van der Waals surface area contributed by atoms with E-state index in [1.54, 1.807) is 33.9 Å². The van der Waals surface area contributed by atoms with E-state index < -0.39 is 23.8 Å². The van der Waals surface area contributed by atoms with Gasteiger partial charge in [-0.2, -0.15) is 0 Å². The Morgan fingerprint density at radius 3 is 1.90 bits per heavy atom. The number of aromatic nitrogens is 4. The molecule has 30 heavy (non-hydrogen) atoms. The fourth-order valence-corrected chi connectivity index (χ4v) is 3.04. The summed E-state index contributed by atoms with van der Waals surface area (Å²) in [5.41, 5.74) is 16.1. The zero-order valence-electron chi connectivity index (χ0n) is 16.7. The summed E-state index contributed by atoms with van der Waals surface area (Å²) in [6, 6.07) is -0.887. The number of carbonyl (C=O) groups is 3. The number of nitrogens with zero attached hydrogens (tertiary/aromatic N) is 5. The molecule has 7 N–H and O–H groups in total. The van der Waals surface area contributed by atoms with Crippen LogP contribution < -0.4 is 17.2 Å². The van der Waals surface area contributed by atoms with Gasteiger partial charge in [-0.1, -0.05) is 6.42 Å². The molecule has 0 spiro atoms. The molecule has 0 aliphatic rings. The van der Waals surface area contributed by atoms with Crippen LogP contribution in [0.15, 0.2) is 24.8 Å². The number of aliphatic carboxylic acids is 1. The number of carboxylic acid groups (broad SMARTS) is 1. The second-order valence-electron chi connectivity index (χ2n) is 7.03. The first kappa shape index (κ1) is 23.0. The maximum absolute atomic E-state index is 11.3. The normalized spacial score (nSPS) is 12.2. The molecule has 0 radical (unpaired) electrons. The highest BCUT2D eigenvalue weighted by Crippen LogP contribution is 2.11. The van der Waals surface area contributed by atoms with Gasteiger partial charge in [-0.3, -0.25) is 19.3 Å². The lowest BCUT2D eigenvalue weighted by Gasteiger charge is -2.22. The number of imidazole rings is 2. The molecule has 12 heteroatoms. The molecule has 2 rings (SSSR count). The quantitative estimate of drug-likeness (QED) is 0.269. The van der Waals surface area contributed by atoms with Crippen molar-refractivity contribution in [2.45, 2.75) is 51.5 Å². The minimum atomic E-state index is -1.02. The fraction of sp³-hybridized carbons (Fsp3) is 0.500. The van der Waals surface area contributed by atoms with E-state index in [4.69, 9.17) is 22.3 Å². The van der Waals surface area contributed by atoms with Crippen molar-refractivity contribution in [3.8, 4) is 0 Å². The number of carboxylic acids is 1. The number of carbonyl (C=O) groups excluding carboxylic acids is 2. The van der Waals surface area contributed by atoms with Crippen molar-refractivity contribution < 1.29 is 19.5 Å². The van der Waals surface area contributed by atoms with Crippen molar-refractivity contribution in [1.82, 2.24) is 24.0 Å². The summed E-state index contributed by atoms with van der Waals surface area (Å²) in [7, 11) is 0. The molecule has 0 bridgehead atoms. The minimum Gasteiger partial charge on any atom is -0.480 e. The molecule has 0 aromatic carbocycles. The van der Waals surface area contributed by atoms with Gasteiger partial charge in [0.1, 0.15) is 30.8 Å². The third-order valence-corrected chi connectivity index (χ3v) is 4.54. The molecule has 0 unspecified atom stereocenters. The Labute approximate surface area is 173 Å². The Bertz CT molecular complexity index is 806. The summed E-state index contributed by atoms with van der Waals surface area (Å²) >= 11 is 0. The zero-order chi connectivity index (χ0) is 22.1. The topological polar surface area (TPSA) is 188 Å². The molecule has 1 atom stereocenters. The van der Waals surface area contributed by atoms with Crippen molar-refractivity contribution in [2.75, 3.05) is 6.54 Å². The van der Waals surface area contributed by atoms with Crippen LogP contribution in [0.5, 0.6) is 0 Å². The third-order valence-electron chi connectivity index (χ3n) is 4.54. The Morgan fingerprint density at radius 1 is 0.967 bits per heavy atom. The Kier molecular flexibility index (Phi) is 8.50. The number of hydrogen-bond acceptors (Lipinski definition) is 7. The van der Waals surface area contributed by atoms with E-state index in [0.717, 1.165) is 0 Å². The van der Waals surface area contributed by atoms with Gasteiger partial charge >= 0.3 is 5.97 Å². The van der Waals surface area contributed by atoms with Gasteiger partial charge in [0.15, 0.2) is 0 Å². The van der Waals surface area contributed by atoms with E-state index >= 15 is 0 Å². The highest BCUT2D eigenvalue weighted by atomic mass is 16.4. The van der Waals surface area contributed by atoms with E-state index in [1.165, 1.54) is 0 Å². The van der Waals surface area contributed by atoms with Crippen LogP contribution in [0.4, 0.5) is 0 Å². The lowest BCUT2D eigenvalue weighted by atomic mass is 10.1. The Morgan fingerprint density at radius 2 is 1.47 bits per heavy atom. The SMILES string of the molecule is NC(=O)Cn1ccnc1CN(CCCC[C@H](N)C(=O)O)Cc1nccn1CC(N)=O. The summed E-state index contributed by atoms with van der Waals surface area (Å²) in [6.07, 6.45) is 8.25. The summed E-state index contributed by atoms with van der Waals surface area (Å²) in [5.74, 6) is -0.650. The van der Waals surface area contributed by atoms with Gasteiger partial charge in [0, 0.05) is 24.8 Å². The second kappa shape index (κ2) is 11.1. The van der Waals surface area contributed by atoms with Crippen LogP contribution >= 0.6 is 0 Å². The van der Waals surface area contributed by atoms with E-state index in [2.05, 4.69) is 9.97 Å². The molecule has 0 saturated heterocycles. The minimum absolute atomic E-state index is 0.0208. The van der Waals surface area contributed by atoms with Crippen molar-refractivity contribution in [2.24, 2.45) is 17.2 Å². The highest BCUT2D eigenvalue weighted by molar-refractivity contribution is 5.74. The predicted octanol–water partition coefficient (Wildman–Crippen LogP) is -1.37. The maximum Gasteiger partial charge on any atom is 0.320 e. The van der Waals surface area contributed by atoms with Gasteiger partial charge in [-0.05, 0) is 19.4 Å². The molecule has 12 nitrogen and oxygen atoms in total. The predicted molar refractivity (Wildman–Crippen MR) is 106 cm³/mol. The fourth-order valence-electron chi connectivity index (χ4n) is 3.04. The lowest BCUT2D eigenvalue weighted by Crippen LogP contribution is -2.31. The number of amides is 2. The molecule has 2 heterocycles. The highest BCUT2D eigenvalue weighted by Gasteiger charge is 2.16.